The second kappa shape index (κ2) is 13.0. The summed E-state index contributed by atoms with van der Waals surface area (Å²) < 4.78 is 38.9. The van der Waals surface area contributed by atoms with Crippen molar-refractivity contribution in [2.75, 3.05) is 13.2 Å². The number of esters is 3. The average Bonchev–Trinajstić information content (AvgIpc) is 3.06. The minimum atomic E-state index is -2.43. The highest BCUT2D eigenvalue weighted by atomic mass is 28.4. The van der Waals surface area contributed by atoms with Crippen molar-refractivity contribution in [2.24, 2.45) is 16.7 Å². The molecule has 0 amide bonds. The van der Waals surface area contributed by atoms with Gasteiger partial charge in [0.15, 0.2) is 19.7 Å². The summed E-state index contributed by atoms with van der Waals surface area (Å²) in [4.78, 5) is 53.7. The molecule has 1 unspecified atom stereocenters. The van der Waals surface area contributed by atoms with Gasteiger partial charge in [0.1, 0.15) is 24.4 Å². The topological polar surface area (TPSA) is 144 Å². The second-order valence-corrected chi connectivity index (χ2v) is 19.7. The molecule has 2 aliphatic carbocycles. The van der Waals surface area contributed by atoms with Crippen LogP contribution in [0.3, 0.4) is 0 Å². The Hall–Kier alpha value is -2.90. The third kappa shape index (κ3) is 5.62. The Bertz CT molecular complexity index is 1500. The van der Waals surface area contributed by atoms with Crippen molar-refractivity contribution in [1.29, 1.82) is 0 Å². The molecule has 0 radical (unpaired) electrons. The van der Waals surface area contributed by atoms with Crippen molar-refractivity contribution in [2.45, 2.75) is 129 Å². The Labute approximate surface area is 290 Å². The molecule has 2 saturated heterocycles. The second-order valence-electron chi connectivity index (χ2n) is 15.0. The molecule has 0 bridgehead atoms. The van der Waals surface area contributed by atoms with Gasteiger partial charge in [-0.05, 0) is 63.0 Å². The molecule has 1 spiro atoms. The molecule has 11 nitrogen and oxygen atoms in total. The molecule has 1 saturated carbocycles. The molecule has 0 aromatic heterocycles. The van der Waals surface area contributed by atoms with Gasteiger partial charge in [0.25, 0.3) is 0 Å². The van der Waals surface area contributed by atoms with E-state index in [0.29, 0.717) is 5.57 Å². The van der Waals surface area contributed by atoms with Crippen LogP contribution in [0.1, 0.15) is 85.5 Å². The zero-order valence-electron chi connectivity index (χ0n) is 30.3. The lowest BCUT2D eigenvalue weighted by molar-refractivity contribution is -0.461. The molecular weight excluding hydrogens is 648 g/mol. The number of rotatable bonds is 10. The summed E-state index contributed by atoms with van der Waals surface area (Å²) in [5, 5.41) is 13.2. The van der Waals surface area contributed by atoms with Crippen LogP contribution >= 0.6 is 0 Å². The number of carbonyl (C=O) groups is 4. The van der Waals surface area contributed by atoms with Gasteiger partial charge in [-0.1, -0.05) is 52.0 Å². The van der Waals surface area contributed by atoms with Gasteiger partial charge < -0.3 is 33.2 Å². The van der Waals surface area contributed by atoms with Crippen LogP contribution in [-0.2, 0) is 42.5 Å². The van der Waals surface area contributed by atoms with Crippen LogP contribution in [0.15, 0.2) is 42.0 Å². The van der Waals surface area contributed by atoms with Gasteiger partial charge in [-0.3, -0.25) is 14.4 Å². The van der Waals surface area contributed by atoms with E-state index in [4.69, 9.17) is 28.1 Å². The molecule has 1 aromatic rings. The van der Waals surface area contributed by atoms with Crippen molar-refractivity contribution in [1.82, 2.24) is 0 Å². The number of hydrogen-bond acceptors (Lipinski definition) is 11. The van der Waals surface area contributed by atoms with Gasteiger partial charge in [-0.15, -0.1) is 0 Å². The molecule has 5 rings (SSSR count). The Morgan fingerprint density at radius 2 is 1.63 bits per heavy atom. The summed E-state index contributed by atoms with van der Waals surface area (Å²) in [6, 6.07) is 10.9. The number of carbonyl (C=O) groups excluding carboxylic acids is 4. The average molecular weight is 701 g/mol. The number of hydrogen-bond donors (Lipinski definition) is 1. The number of ether oxygens (including phenoxy) is 5. The first kappa shape index (κ1) is 37.4. The first-order chi connectivity index (χ1) is 22.9. The molecule has 270 valence electrons. The minimum Gasteiger partial charge on any atom is -0.460 e. The van der Waals surface area contributed by atoms with E-state index in [2.05, 4.69) is 20.8 Å². The molecule has 8 atom stereocenters. The van der Waals surface area contributed by atoms with Gasteiger partial charge in [0.05, 0.1) is 35.0 Å². The molecule has 1 aromatic carbocycles. The maximum absolute atomic E-state index is 14.2. The van der Waals surface area contributed by atoms with Crippen molar-refractivity contribution >= 4 is 32.0 Å². The maximum Gasteiger partial charge on any atom is 0.338 e. The van der Waals surface area contributed by atoms with Gasteiger partial charge in [0.2, 0.25) is 5.79 Å². The normalized spacial score (nSPS) is 36.4. The van der Waals surface area contributed by atoms with Gasteiger partial charge >= 0.3 is 17.9 Å². The highest BCUT2D eigenvalue weighted by molar-refractivity contribution is 6.73. The summed E-state index contributed by atoms with van der Waals surface area (Å²) in [6.07, 6.45) is -0.711. The fourth-order valence-electron chi connectivity index (χ4n) is 9.06. The zero-order valence-corrected chi connectivity index (χ0v) is 31.3. The number of aliphatic hydroxyl groups is 1. The highest BCUT2D eigenvalue weighted by Gasteiger charge is 2.83. The molecule has 2 heterocycles. The Morgan fingerprint density at radius 3 is 2.16 bits per heavy atom. The monoisotopic (exact) mass is 700 g/mol. The predicted octanol–water partition coefficient (Wildman–Crippen LogP) is 5.30. The molecule has 49 heavy (non-hydrogen) atoms. The number of ketones is 1. The third-order valence-corrected chi connectivity index (χ3v) is 17.0. The van der Waals surface area contributed by atoms with Crippen LogP contribution in [-0.4, -0.2) is 85.6 Å². The lowest BCUT2D eigenvalue weighted by Gasteiger charge is -2.73. The molecule has 12 heteroatoms. The smallest absolute Gasteiger partial charge is 0.338 e. The predicted molar refractivity (Wildman–Crippen MR) is 181 cm³/mol. The summed E-state index contributed by atoms with van der Waals surface area (Å²) in [5.41, 5.74) is -5.27. The van der Waals surface area contributed by atoms with E-state index >= 15 is 0 Å². The standard InChI is InChI=1S/C37H52O11Si/c1-10-49(11-2,12-3)47-27-20-28-35(21-44-28,46-25(6)39)29-31(45-32(41)26-16-14-13-15-17-26)36(19-18-23(4)30(40)33(36,7)8)48-37(42,34(27,29)9)22-43-24(5)38/h13-18,27-29,31,42H,10-12,19-22H2,1-9H3/t27-,28+,29-,31-,34+,35-,36+,37?/m0/s1. The first-order valence-electron chi connectivity index (χ1n) is 17.4. The van der Waals surface area contributed by atoms with E-state index in [-0.39, 0.29) is 30.8 Å². The number of allylic oxidation sites excluding steroid dienone is 1. The van der Waals surface area contributed by atoms with Crippen molar-refractivity contribution in [3.8, 4) is 0 Å². The van der Waals surface area contributed by atoms with Crippen LogP contribution in [0.25, 0.3) is 0 Å². The van der Waals surface area contributed by atoms with Crippen LogP contribution in [0.4, 0.5) is 0 Å². The van der Waals surface area contributed by atoms with Crippen molar-refractivity contribution in [3.05, 3.63) is 47.5 Å². The molecule has 3 fully saturated rings. The lowest BCUT2D eigenvalue weighted by Crippen LogP contribution is -2.87. The van der Waals surface area contributed by atoms with E-state index in [1.165, 1.54) is 13.8 Å². The number of benzene rings is 1. The number of Topliss-reactive ketones (excluding diaryl/α,β-unsaturated/α-hetero) is 1. The minimum absolute atomic E-state index is 0.0511. The SMILES string of the molecule is CC[Si](CC)(CC)O[C@H]1C[C@H]2OC[C@@]2(OC(C)=O)[C@H]2[C@H](OC(=O)c3ccccc3)[C@@]3(CC=C(C)C(=O)C3(C)C)OC(O)(COC(C)=O)[C@]12C. The Kier molecular flexibility index (Phi) is 9.92. The third-order valence-electron chi connectivity index (χ3n) is 12.3. The van der Waals surface area contributed by atoms with E-state index in [0.717, 1.165) is 18.1 Å². The van der Waals surface area contributed by atoms with Crippen LogP contribution in [0, 0.1) is 16.7 Å². The molecule has 2 aliphatic heterocycles. The Balaban J connectivity index is 1.84. The van der Waals surface area contributed by atoms with Crippen molar-refractivity contribution in [3.63, 3.8) is 0 Å². The van der Waals surface area contributed by atoms with Crippen molar-refractivity contribution < 1.29 is 52.4 Å². The van der Waals surface area contributed by atoms with Gasteiger partial charge in [-0.25, -0.2) is 4.79 Å². The van der Waals surface area contributed by atoms with E-state index in [1.807, 2.05) is 0 Å². The van der Waals surface area contributed by atoms with Gasteiger partial charge in [0, 0.05) is 20.3 Å². The Morgan fingerprint density at radius 1 is 1.00 bits per heavy atom. The van der Waals surface area contributed by atoms with Crippen LogP contribution < -0.4 is 0 Å². The molecule has 1 N–H and O–H groups in total. The fraction of sp³-hybridized carbons (Fsp3) is 0.676. The molecular formula is C37H52O11Si. The van der Waals surface area contributed by atoms with Crippen LogP contribution in [0.2, 0.25) is 18.1 Å². The summed E-state index contributed by atoms with van der Waals surface area (Å²) in [6.45, 7) is 15.1. The fourth-order valence-corrected chi connectivity index (χ4v) is 12.0. The largest absolute Gasteiger partial charge is 0.460 e. The van der Waals surface area contributed by atoms with E-state index in [1.54, 1.807) is 64.1 Å². The summed E-state index contributed by atoms with van der Waals surface area (Å²) >= 11 is 0. The van der Waals surface area contributed by atoms with Crippen LogP contribution in [0.5, 0.6) is 0 Å². The maximum atomic E-state index is 14.2. The van der Waals surface area contributed by atoms with Gasteiger partial charge in [-0.2, -0.15) is 0 Å². The van der Waals surface area contributed by atoms with E-state index in [9.17, 15) is 24.3 Å². The zero-order chi connectivity index (χ0) is 36.2. The van der Waals surface area contributed by atoms with E-state index < -0.39 is 84.9 Å². The first-order valence-corrected chi connectivity index (χ1v) is 20.0. The summed E-state index contributed by atoms with van der Waals surface area (Å²) in [5.74, 6) is -5.51. The lowest BCUT2D eigenvalue weighted by atomic mass is 9.45. The highest BCUT2D eigenvalue weighted by Crippen LogP contribution is 2.68. The molecule has 4 aliphatic rings. The quantitative estimate of drug-likeness (QED) is 0.193. The number of fused-ring (bicyclic) bond motifs is 3. The summed E-state index contributed by atoms with van der Waals surface area (Å²) in [7, 11) is -2.43.